The van der Waals surface area contributed by atoms with Gasteiger partial charge in [-0.2, -0.15) is 0 Å². The molecule has 1 aromatic carbocycles. The highest BCUT2D eigenvalue weighted by atomic mass is 16.5. The maximum absolute atomic E-state index is 11.9. The van der Waals surface area contributed by atoms with Crippen LogP contribution >= 0.6 is 0 Å². The van der Waals surface area contributed by atoms with E-state index < -0.39 is 5.97 Å². The lowest BCUT2D eigenvalue weighted by Gasteiger charge is -2.12. The number of esters is 1. The summed E-state index contributed by atoms with van der Waals surface area (Å²) in [6.07, 6.45) is 1.61. The molecule has 0 unspecified atom stereocenters. The van der Waals surface area contributed by atoms with E-state index in [9.17, 15) is 4.79 Å². The lowest BCUT2D eigenvalue weighted by Crippen LogP contribution is -2.09. The number of nitrogens with one attached hydrogen (secondary N) is 1. The molecule has 0 fully saturated rings. The van der Waals surface area contributed by atoms with Gasteiger partial charge in [-0.05, 0) is 31.2 Å². The Morgan fingerprint density at radius 1 is 1.25 bits per heavy atom. The van der Waals surface area contributed by atoms with Gasteiger partial charge in [-0.15, -0.1) is 0 Å². The van der Waals surface area contributed by atoms with Gasteiger partial charge in [0.05, 0.1) is 19.4 Å². The van der Waals surface area contributed by atoms with Crippen LogP contribution in [0.5, 0.6) is 5.75 Å². The van der Waals surface area contributed by atoms with Gasteiger partial charge >= 0.3 is 5.97 Å². The molecule has 104 valence electrons. The number of pyridine rings is 1. The molecule has 0 spiro atoms. The molecule has 1 heterocycles. The Morgan fingerprint density at radius 2 is 2.05 bits per heavy atom. The van der Waals surface area contributed by atoms with Crippen molar-refractivity contribution in [3.63, 3.8) is 0 Å². The molecule has 0 saturated carbocycles. The van der Waals surface area contributed by atoms with Crippen LogP contribution in [-0.4, -0.2) is 24.7 Å². The van der Waals surface area contributed by atoms with Gasteiger partial charge in [-0.3, -0.25) is 0 Å². The minimum absolute atomic E-state index is 0.321. The van der Waals surface area contributed by atoms with Crippen LogP contribution < -0.4 is 10.1 Å². The summed E-state index contributed by atoms with van der Waals surface area (Å²) >= 11 is 0. The molecule has 0 atom stereocenters. The molecule has 1 aromatic heterocycles. The fraction of sp³-hybridized carbons (Fsp3) is 0.200. The van der Waals surface area contributed by atoms with E-state index in [1.165, 1.54) is 0 Å². The number of benzene rings is 1. The summed E-state index contributed by atoms with van der Waals surface area (Å²) in [6, 6.07) is 10.8. The number of anilines is 2. The molecule has 1 N–H and O–H groups in total. The molecule has 2 aromatic rings. The van der Waals surface area contributed by atoms with Crippen molar-refractivity contribution in [2.45, 2.75) is 6.92 Å². The second-order valence-electron chi connectivity index (χ2n) is 3.95. The highest BCUT2D eigenvalue weighted by Gasteiger charge is 2.14. The number of carbonyl (C=O) groups excluding carboxylic acids is 1. The Balaban J connectivity index is 2.32. The van der Waals surface area contributed by atoms with Gasteiger partial charge in [0.15, 0.2) is 0 Å². The quantitative estimate of drug-likeness (QED) is 0.848. The number of rotatable bonds is 5. The van der Waals surface area contributed by atoms with Gasteiger partial charge in [0.25, 0.3) is 0 Å². The minimum atomic E-state index is -0.405. The van der Waals surface area contributed by atoms with Crippen LogP contribution in [0.4, 0.5) is 11.5 Å². The zero-order valence-electron chi connectivity index (χ0n) is 11.4. The first-order chi connectivity index (χ1) is 9.76. The van der Waals surface area contributed by atoms with Gasteiger partial charge in [-0.1, -0.05) is 12.1 Å². The predicted octanol–water partition coefficient (Wildman–Crippen LogP) is 3.01. The highest BCUT2D eigenvalue weighted by molar-refractivity contribution is 5.95. The van der Waals surface area contributed by atoms with Crippen molar-refractivity contribution in [3.8, 4) is 5.75 Å². The number of hydrogen-bond donors (Lipinski definition) is 1. The number of methoxy groups -OCH3 is 1. The van der Waals surface area contributed by atoms with Crippen molar-refractivity contribution >= 4 is 17.5 Å². The Bertz CT molecular complexity index is 599. The Hall–Kier alpha value is -2.56. The molecular weight excluding hydrogens is 256 g/mol. The molecule has 5 nitrogen and oxygen atoms in total. The lowest BCUT2D eigenvalue weighted by molar-refractivity contribution is 0.0527. The van der Waals surface area contributed by atoms with Gasteiger partial charge in [0.2, 0.25) is 0 Å². The van der Waals surface area contributed by atoms with Gasteiger partial charge in [-0.25, -0.2) is 9.78 Å². The summed E-state index contributed by atoms with van der Waals surface area (Å²) in [5, 5.41) is 3.09. The molecule has 0 saturated heterocycles. The van der Waals surface area contributed by atoms with Crippen LogP contribution in [0, 0.1) is 0 Å². The summed E-state index contributed by atoms with van der Waals surface area (Å²) < 4.78 is 10.3. The number of ether oxygens (including phenoxy) is 2. The lowest BCUT2D eigenvalue weighted by atomic mass is 10.2. The second-order valence-corrected chi connectivity index (χ2v) is 3.95. The van der Waals surface area contributed by atoms with Crippen LogP contribution in [0.15, 0.2) is 42.6 Å². The number of para-hydroxylation sites is 2. The number of aromatic nitrogens is 1. The molecule has 0 aliphatic heterocycles. The van der Waals surface area contributed by atoms with Crippen LogP contribution in [-0.2, 0) is 4.74 Å². The summed E-state index contributed by atoms with van der Waals surface area (Å²) in [4.78, 5) is 16.1. The molecular formula is C15H16N2O3. The molecule has 0 aliphatic rings. The topological polar surface area (TPSA) is 60.5 Å². The number of carbonyl (C=O) groups is 1. The molecule has 2 rings (SSSR count). The molecule has 5 heteroatoms. The van der Waals surface area contributed by atoms with Crippen LogP contribution in [0.2, 0.25) is 0 Å². The van der Waals surface area contributed by atoms with Crippen LogP contribution in [0.25, 0.3) is 0 Å². The van der Waals surface area contributed by atoms with E-state index in [0.717, 1.165) is 5.69 Å². The number of hydrogen-bond acceptors (Lipinski definition) is 5. The van der Waals surface area contributed by atoms with Crippen molar-refractivity contribution in [2.24, 2.45) is 0 Å². The molecule has 20 heavy (non-hydrogen) atoms. The monoisotopic (exact) mass is 272 g/mol. The van der Waals surface area contributed by atoms with E-state index in [-0.39, 0.29) is 0 Å². The third-order valence-corrected chi connectivity index (χ3v) is 2.66. The number of nitrogens with zero attached hydrogens (tertiary/aromatic N) is 1. The molecule has 0 radical (unpaired) electrons. The third kappa shape index (κ3) is 3.06. The van der Waals surface area contributed by atoms with Crippen molar-refractivity contribution < 1.29 is 14.3 Å². The minimum Gasteiger partial charge on any atom is -0.495 e. The smallest absolute Gasteiger partial charge is 0.341 e. The largest absolute Gasteiger partial charge is 0.495 e. The molecule has 0 aliphatic carbocycles. The summed E-state index contributed by atoms with van der Waals surface area (Å²) in [6.45, 7) is 2.09. The van der Waals surface area contributed by atoms with E-state index in [4.69, 9.17) is 9.47 Å². The normalized spacial score (nSPS) is 9.90. The Kier molecular flexibility index (Phi) is 4.55. The predicted molar refractivity (Wildman–Crippen MR) is 76.5 cm³/mol. The third-order valence-electron chi connectivity index (χ3n) is 2.66. The average molecular weight is 272 g/mol. The standard InChI is InChI=1S/C15H16N2O3/c1-3-20-15(18)11-7-6-10-16-14(11)17-12-8-4-5-9-13(12)19-2/h4-10H,3H2,1-2H3,(H,16,17). The summed E-state index contributed by atoms with van der Waals surface area (Å²) in [5.74, 6) is 0.710. The highest BCUT2D eigenvalue weighted by Crippen LogP contribution is 2.27. The Morgan fingerprint density at radius 3 is 2.80 bits per heavy atom. The van der Waals surface area contributed by atoms with E-state index in [2.05, 4.69) is 10.3 Å². The second kappa shape index (κ2) is 6.56. The van der Waals surface area contributed by atoms with Crippen molar-refractivity contribution in [1.29, 1.82) is 0 Å². The average Bonchev–Trinajstić information content (AvgIpc) is 2.48. The summed E-state index contributed by atoms with van der Waals surface area (Å²) in [7, 11) is 1.59. The van der Waals surface area contributed by atoms with Crippen molar-refractivity contribution in [3.05, 3.63) is 48.2 Å². The maximum atomic E-state index is 11.9. The molecule has 0 bridgehead atoms. The van der Waals surface area contributed by atoms with Crippen molar-refractivity contribution in [2.75, 3.05) is 19.0 Å². The maximum Gasteiger partial charge on any atom is 0.341 e. The fourth-order valence-corrected chi connectivity index (χ4v) is 1.75. The first-order valence-corrected chi connectivity index (χ1v) is 6.28. The summed E-state index contributed by atoms with van der Waals surface area (Å²) in [5.41, 5.74) is 1.12. The first kappa shape index (κ1) is 13.9. The van der Waals surface area contributed by atoms with Gasteiger partial charge < -0.3 is 14.8 Å². The van der Waals surface area contributed by atoms with E-state index in [1.54, 1.807) is 32.4 Å². The zero-order chi connectivity index (χ0) is 14.4. The van der Waals surface area contributed by atoms with E-state index >= 15 is 0 Å². The van der Waals surface area contributed by atoms with Crippen molar-refractivity contribution in [1.82, 2.24) is 4.98 Å². The van der Waals surface area contributed by atoms with Crippen LogP contribution in [0.1, 0.15) is 17.3 Å². The van der Waals surface area contributed by atoms with E-state index in [0.29, 0.717) is 23.7 Å². The Labute approximate surface area is 117 Å². The van der Waals surface area contributed by atoms with E-state index in [1.807, 2.05) is 24.3 Å². The van der Waals surface area contributed by atoms with Gasteiger partial charge in [0.1, 0.15) is 17.1 Å². The van der Waals surface area contributed by atoms with Crippen LogP contribution in [0.3, 0.4) is 0 Å². The zero-order valence-corrected chi connectivity index (χ0v) is 11.4. The first-order valence-electron chi connectivity index (χ1n) is 6.28. The molecule has 0 amide bonds. The SMILES string of the molecule is CCOC(=O)c1cccnc1Nc1ccccc1OC. The fourth-order valence-electron chi connectivity index (χ4n) is 1.75. The van der Waals surface area contributed by atoms with Gasteiger partial charge in [0, 0.05) is 6.20 Å².